The van der Waals surface area contributed by atoms with Crippen LogP contribution in [0.15, 0.2) is 30.3 Å². The lowest BCUT2D eigenvalue weighted by atomic mass is 10.1. The molecular weight excluding hydrogens is 422 g/mol. The van der Waals surface area contributed by atoms with Crippen molar-refractivity contribution >= 4 is 5.97 Å². The first kappa shape index (κ1) is 32.6. The number of aliphatic hydroxyl groups is 1. The third-order valence-corrected chi connectivity index (χ3v) is 6.58. The van der Waals surface area contributed by atoms with E-state index in [0.29, 0.717) is 5.56 Å². The Kier molecular flexibility index (Phi) is 21.2. The maximum Gasteiger partial charge on any atom is 0.337 e. The van der Waals surface area contributed by atoms with E-state index in [2.05, 4.69) is 27.9 Å². The van der Waals surface area contributed by atoms with Crippen LogP contribution in [0.5, 0.6) is 0 Å². The monoisotopic (exact) mass is 478 g/mol. The summed E-state index contributed by atoms with van der Waals surface area (Å²) in [5.41, 5.74) is 0.403. The molecule has 0 radical (unpaired) electrons. The number of hydrogen-bond acceptors (Lipinski definition) is 2. The molecule has 34 heavy (non-hydrogen) atoms. The fraction of sp³-hybridized carbons (Fsp3) is 0.767. The maximum atomic E-state index is 10.2. The lowest BCUT2D eigenvalue weighted by Crippen LogP contribution is -2.41. The molecule has 1 atom stereocenters. The summed E-state index contributed by atoms with van der Waals surface area (Å²) < 4.78 is 1.24. The van der Waals surface area contributed by atoms with Crippen LogP contribution in [0.2, 0.25) is 0 Å². The highest BCUT2D eigenvalue weighted by Gasteiger charge is 2.14. The second-order valence-corrected chi connectivity index (χ2v) is 10.5. The van der Waals surface area contributed by atoms with E-state index < -0.39 is 12.1 Å². The normalized spacial score (nSPS) is 12.1. The van der Waals surface area contributed by atoms with E-state index in [0.717, 1.165) is 0 Å². The molecule has 0 aliphatic heterocycles. The quantitative estimate of drug-likeness (QED) is 0.147. The average Bonchev–Trinajstić information content (AvgIpc) is 2.83. The molecule has 2 N–H and O–H groups in total. The van der Waals surface area contributed by atoms with E-state index in [-0.39, 0.29) is 0 Å². The number of quaternary nitrogens is 1. The molecule has 0 aromatic heterocycles. The summed E-state index contributed by atoms with van der Waals surface area (Å²) in [5.74, 6) is -1.23. The number of rotatable bonds is 20. The van der Waals surface area contributed by atoms with E-state index in [1.165, 1.54) is 120 Å². The van der Waals surface area contributed by atoms with E-state index in [9.17, 15) is 4.79 Å². The number of unbranched alkanes of at least 4 members (excludes halogenated alkanes) is 14. The van der Waals surface area contributed by atoms with Gasteiger partial charge in [-0.15, -0.1) is 0 Å². The summed E-state index contributed by atoms with van der Waals surface area (Å²) in [6.45, 7) is 7.36. The third kappa shape index (κ3) is 20.0. The molecule has 0 saturated heterocycles. The SMILES string of the molecule is CCCCCCCCCC[N+](C)(C)CCCCCCCCCC.O=C(O)[C@H](O)c1ccccc1. The van der Waals surface area contributed by atoms with Crippen molar-refractivity contribution < 1.29 is 19.5 Å². The Morgan fingerprint density at radius 2 is 1.03 bits per heavy atom. The topological polar surface area (TPSA) is 57.5 Å². The summed E-state index contributed by atoms with van der Waals surface area (Å²) in [5, 5.41) is 17.4. The van der Waals surface area contributed by atoms with Crippen LogP contribution in [0.1, 0.15) is 128 Å². The lowest BCUT2D eigenvalue weighted by molar-refractivity contribution is -0.890. The largest absolute Gasteiger partial charge is 0.479 e. The van der Waals surface area contributed by atoms with Crippen LogP contribution >= 0.6 is 0 Å². The molecule has 1 rings (SSSR count). The predicted molar refractivity (Wildman–Crippen MR) is 146 cm³/mol. The molecule has 0 spiro atoms. The van der Waals surface area contributed by atoms with Gasteiger partial charge in [-0.1, -0.05) is 121 Å². The molecule has 0 fully saturated rings. The van der Waals surface area contributed by atoms with Gasteiger partial charge >= 0.3 is 5.97 Å². The average molecular weight is 479 g/mol. The summed E-state index contributed by atoms with van der Waals surface area (Å²) >= 11 is 0. The van der Waals surface area contributed by atoms with Crippen LogP contribution in [0.3, 0.4) is 0 Å². The minimum atomic E-state index is -1.41. The smallest absolute Gasteiger partial charge is 0.337 e. The van der Waals surface area contributed by atoms with Crippen LogP contribution < -0.4 is 0 Å². The third-order valence-electron chi connectivity index (χ3n) is 6.58. The van der Waals surface area contributed by atoms with Gasteiger partial charge in [0.15, 0.2) is 6.10 Å². The molecule has 198 valence electrons. The second kappa shape index (κ2) is 22.1. The fourth-order valence-electron chi connectivity index (χ4n) is 4.24. The zero-order valence-corrected chi connectivity index (χ0v) is 22.9. The van der Waals surface area contributed by atoms with Gasteiger partial charge in [-0.3, -0.25) is 0 Å². The number of benzene rings is 1. The molecule has 0 unspecified atom stereocenters. The number of carbonyl (C=O) groups is 1. The predicted octanol–water partition coefficient (Wildman–Crippen LogP) is 8.15. The van der Waals surface area contributed by atoms with Crippen molar-refractivity contribution in [2.24, 2.45) is 0 Å². The Balaban J connectivity index is 0.000000818. The van der Waals surface area contributed by atoms with Crippen LogP contribution in [0, 0.1) is 0 Å². The molecule has 1 aromatic carbocycles. The number of aliphatic carboxylic acids is 1. The van der Waals surface area contributed by atoms with Crippen molar-refractivity contribution in [2.45, 2.75) is 123 Å². The Bertz CT molecular complexity index is 552. The Morgan fingerprint density at radius 1 is 0.676 bits per heavy atom. The molecular formula is C30H56NO3+. The first-order valence-corrected chi connectivity index (χ1v) is 14.1. The Hall–Kier alpha value is -1.39. The van der Waals surface area contributed by atoms with Gasteiger partial charge in [0.2, 0.25) is 0 Å². The van der Waals surface area contributed by atoms with Gasteiger partial charge in [-0.05, 0) is 31.2 Å². The first-order chi connectivity index (χ1) is 16.3. The summed E-state index contributed by atoms with van der Waals surface area (Å²) in [6.07, 6.45) is 21.6. The van der Waals surface area contributed by atoms with Crippen LogP contribution in [0.4, 0.5) is 0 Å². The van der Waals surface area contributed by atoms with Crippen LogP contribution in [-0.4, -0.2) is 47.9 Å². The molecule has 0 aliphatic carbocycles. The van der Waals surface area contributed by atoms with Crippen molar-refractivity contribution in [3.8, 4) is 0 Å². The molecule has 4 heteroatoms. The van der Waals surface area contributed by atoms with Crippen molar-refractivity contribution in [1.29, 1.82) is 0 Å². The first-order valence-electron chi connectivity index (χ1n) is 14.1. The van der Waals surface area contributed by atoms with Gasteiger partial charge in [0.1, 0.15) is 0 Å². The number of nitrogens with zero attached hydrogens (tertiary/aromatic N) is 1. The minimum Gasteiger partial charge on any atom is -0.479 e. The Labute approximate surface area is 211 Å². The van der Waals surface area contributed by atoms with Crippen molar-refractivity contribution in [3.05, 3.63) is 35.9 Å². The molecule has 0 aliphatic rings. The van der Waals surface area contributed by atoms with E-state index >= 15 is 0 Å². The lowest BCUT2D eigenvalue weighted by Gasteiger charge is -2.30. The summed E-state index contributed by atoms with van der Waals surface area (Å²) in [6, 6.07) is 8.26. The molecule has 0 bridgehead atoms. The molecule has 0 heterocycles. The fourth-order valence-corrected chi connectivity index (χ4v) is 4.24. The van der Waals surface area contributed by atoms with Crippen molar-refractivity contribution in [1.82, 2.24) is 0 Å². The highest BCUT2D eigenvalue weighted by molar-refractivity contribution is 5.73. The summed E-state index contributed by atoms with van der Waals surface area (Å²) in [4.78, 5) is 10.2. The van der Waals surface area contributed by atoms with Gasteiger partial charge < -0.3 is 14.7 Å². The highest BCUT2D eigenvalue weighted by atomic mass is 16.4. The molecule has 0 amide bonds. The van der Waals surface area contributed by atoms with Crippen LogP contribution in [0.25, 0.3) is 0 Å². The van der Waals surface area contributed by atoms with E-state index in [4.69, 9.17) is 10.2 Å². The Morgan fingerprint density at radius 3 is 1.38 bits per heavy atom. The minimum absolute atomic E-state index is 0.403. The van der Waals surface area contributed by atoms with Gasteiger partial charge in [0, 0.05) is 0 Å². The van der Waals surface area contributed by atoms with E-state index in [1.54, 1.807) is 30.3 Å². The molecule has 0 saturated carbocycles. The molecule has 1 aromatic rings. The van der Waals surface area contributed by atoms with Crippen molar-refractivity contribution in [2.75, 3.05) is 27.2 Å². The van der Waals surface area contributed by atoms with Gasteiger partial charge in [-0.25, -0.2) is 4.79 Å². The van der Waals surface area contributed by atoms with Gasteiger partial charge in [0.05, 0.1) is 27.2 Å². The number of aliphatic hydroxyl groups excluding tert-OH is 1. The highest BCUT2D eigenvalue weighted by Crippen LogP contribution is 2.13. The number of carboxylic acid groups (broad SMARTS) is 1. The number of carboxylic acids is 1. The summed E-state index contributed by atoms with van der Waals surface area (Å²) in [7, 11) is 4.87. The van der Waals surface area contributed by atoms with Crippen LogP contribution in [-0.2, 0) is 4.79 Å². The van der Waals surface area contributed by atoms with E-state index in [1.807, 2.05) is 0 Å². The zero-order chi connectivity index (χ0) is 25.5. The van der Waals surface area contributed by atoms with Gasteiger partial charge in [-0.2, -0.15) is 0 Å². The zero-order valence-electron chi connectivity index (χ0n) is 22.9. The second-order valence-electron chi connectivity index (χ2n) is 10.5. The number of hydrogen-bond donors (Lipinski definition) is 2. The standard InChI is InChI=1S/C22H48N.C8H8O3/c1-5-7-9-11-13-15-17-19-21-23(3,4)22-20-18-16-14-12-10-8-6-2;9-7(8(10)11)6-4-2-1-3-5-6/h5-22H2,1-4H3;1-5,7,9H,(H,10,11)/q+1;/t;7-/m.1/s1. The maximum absolute atomic E-state index is 10.2. The van der Waals surface area contributed by atoms with Gasteiger partial charge in [0.25, 0.3) is 0 Å². The van der Waals surface area contributed by atoms with Crippen molar-refractivity contribution in [3.63, 3.8) is 0 Å². The molecule has 4 nitrogen and oxygen atoms in total.